The molecule has 26 heavy (non-hydrogen) atoms. The number of hydrogen-bond donors (Lipinski definition) is 1. The Kier molecular flexibility index (Phi) is 8.38. The number of nitrogens with zero attached hydrogens (tertiary/aromatic N) is 1. The molecule has 0 amide bonds. The van der Waals surface area contributed by atoms with Crippen molar-refractivity contribution in [3.63, 3.8) is 0 Å². The number of unbranched alkanes of at least 4 members (excludes halogenated alkanes) is 1. The third-order valence-corrected chi connectivity index (χ3v) is 5.03. The number of carbonyl (C=O) groups is 2. The summed E-state index contributed by atoms with van der Waals surface area (Å²) in [6, 6.07) is 3.53. The molecule has 1 saturated heterocycles. The van der Waals surface area contributed by atoms with Crippen LogP contribution in [-0.2, 0) is 20.8 Å². The number of carbonyl (C=O) groups excluding carboxylic acids is 2. The molecular formula is C19H27BrN2O4. The molecule has 0 saturated carbocycles. The monoisotopic (exact) mass is 426 g/mol. The molecule has 1 fully saturated rings. The average Bonchev–Trinajstić information content (AvgIpc) is 2.62. The molecule has 0 spiro atoms. The first-order valence-electron chi connectivity index (χ1n) is 9.08. The molecule has 1 aliphatic rings. The molecule has 0 aromatic heterocycles. The Morgan fingerprint density at radius 3 is 2.42 bits per heavy atom. The summed E-state index contributed by atoms with van der Waals surface area (Å²) in [7, 11) is 0. The van der Waals surface area contributed by atoms with Crippen molar-refractivity contribution in [3.8, 4) is 0 Å². The number of nitrogen functional groups attached to an aromatic ring is 1. The molecule has 0 unspecified atom stereocenters. The van der Waals surface area contributed by atoms with Gasteiger partial charge in [-0.2, -0.15) is 0 Å². The molecule has 0 atom stereocenters. The van der Waals surface area contributed by atoms with Gasteiger partial charge in [-0.1, -0.05) is 6.42 Å². The minimum Gasteiger partial charge on any atom is -0.466 e. The van der Waals surface area contributed by atoms with Crippen LogP contribution in [0, 0.1) is 0 Å². The van der Waals surface area contributed by atoms with Crippen molar-refractivity contribution >= 4 is 33.6 Å². The third kappa shape index (κ3) is 6.61. The number of likely N-dealkylation sites (tertiary alicyclic amines) is 1. The van der Waals surface area contributed by atoms with Gasteiger partial charge < -0.3 is 15.2 Å². The zero-order valence-corrected chi connectivity index (χ0v) is 16.8. The van der Waals surface area contributed by atoms with Crippen LogP contribution in [0.2, 0.25) is 0 Å². The standard InChI is InChI=1S/C19H27BrN2O4/c1-14(23)25-9-5-6-10-26-19(24)15-11-16(18(21)17(20)12-15)13-22-7-3-2-4-8-22/h11-12H,2-10,13,21H2,1H3. The van der Waals surface area contributed by atoms with Crippen LogP contribution in [0.4, 0.5) is 5.69 Å². The lowest BCUT2D eigenvalue weighted by Gasteiger charge is -2.27. The second-order valence-electron chi connectivity index (χ2n) is 6.55. The molecule has 2 rings (SSSR count). The van der Waals surface area contributed by atoms with Crippen LogP contribution in [0.3, 0.4) is 0 Å². The number of nitrogens with two attached hydrogens (primary N) is 1. The molecule has 1 aliphatic heterocycles. The third-order valence-electron chi connectivity index (χ3n) is 4.37. The van der Waals surface area contributed by atoms with Gasteiger partial charge in [0.2, 0.25) is 0 Å². The van der Waals surface area contributed by atoms with Gasteiger partial charge in [0.15, 0.2) is 0 Å². The van der Waals surface area contributed by atoms with Gasteiger partial charge >= 0.3 is 11.9 Å². The molecule has 2 N–H and O–H groups in total. The smallest absolute Gasteiger partial charge is 0.338 e. The average molecular weight is 427 g/mol. The Hall–Kier alpha value is -1.60. The van der Waals surface area contributed by atoms with Crippen molar-refractivity contribution in [1.29, 1.82) is 0 Å². The highest BCUT2D eigenvalue weighted by atomic mass is 79.9. The van der Waals surface area contributed by atoms with Gasteiger partial charge in [-0.05, 0) is 72.4 Å². The van der Waals surface area contributed by atoms with Gasteiger partial charge in [-0.3, -0.25) is 9.69 Å². The lowest BCUT2D eigenvalue weighted by atomic mass is 10.1. The van der Waals surface area contributed by atoms with Gasteiger partial charge in [0.25, 0.3) is 0 Å². The molecule has 7 heteroatoms. The summed E-state index contributed by atoms with van der Waals surface area (Å²) in [5, 5.41) is 0. The minimum absolute atomic E-state index is 0.295. The summed E-state index contributed by atoms with van der Waals surface area (Å²) < 4.78 is 10.9. The first kappa shape index (κ1) is 20.7. The van der Waals surface area contributed by atoms with Crippen molar-refractivity contribution in [3.05, 3.63) is 27.7 Å². The molecule has 1 aromatic carbocycles. The topological polar surface area (TPSA) is 81.9 Å². The molecule has 0 radical (unpaired) electrons. The van der Waals surface area contributed by atoms with Crippen molar-refractivity contribution in [2.75, 3.05) is 32.0 Å². The van der Waals surface area contributed by atoms with E-state index in [1.807, 2.05) is 6.07 Å². The molecule has 1 heterocycles. The van der Waals surface area contributed by atoms with E-state index < -0.39 is 0 Å². The van der Waals surface area contributed by atoms with Gasteiger partial charge in [0, 0.05) is 17.9 Å². The first-order valence-corrected chi connectivity index (χ1v) is 9.87. The van der Waals surface area contributed by atoms with Crippen LogP contribution in [0.15, 0.2) is 16.6 Å². The summed E-state index contributed by atoms with van der Waals surface area (Å²) in [5.41, 5.74) is 8.30. The van der Waals surface area contributed by atoms with E-state index in [4.69, 9.17) is 15.2 Å². The molecule has 6 nitrogen and oxygen atoms in total. The van der Waals surface area contributed by atoms with Crippen molar-refractivity contribution in [2.45, 2.75) is 45.6 Å². The Bertz CT molecular complexity index is 630. The van der Waals surface area contributed by atoms with Crippen LogP contribution >= 0.6 is 15.9 Å². The summed E-state index contributed by atoms with van der Waals surface area (Å²) in [6.07, 6.45) is 5.00. The number of esters is 2. The van der Waals surface area contributed by atoms with E-state index in [9.17, 15) is 9.59 Å². The van der Waals surface area contributed by atoms with E-state index in [1.165, 1.54) is 26.2 Å². The van der Waals surface area contributed by atoms with Crippen molar-refractivity contribution in [2.24, 2.45) is 0 Å². The van der Waals surface area contributed by atoms with Crippen LogP contribution in [0.5, 0.6) is 0 Å². The summed E-state index contributed by atoms with van der Waals surface area (Å²) >= 11 is 3.45. The number of piperidine rings is 1. The van der Waals surface area contributed by atoms with E-state index >= 15 is 0 Å². The Morgan fingerprint density at radius 2 is 1.77 bits per heavy atom. The number of halogens is 1. The van der Waals surface area contributed by atoms with Crippen LogP contribution in [0.25, 0.3) is 0 Å². The van der Waals surface area contributed by atoms with Gasteiger partial charge in [-0.25, -0.2) is 4.79 Å². The highest BCUT2D eigenvalue weighted by Gasteiger charge is 2.17. The second kappa shape index (κ2) is 10.5. The normalized spacial score (nSPS) is 14.8. The van der Waals surface area contributed by atoms with Gasteiger partial charge in [0.1, 0.15) is 0 Å². The van der Waals surface area contributed by atoms with Gasteiger partial charge in [0.05, 0.1) is 24.5 Å². The minimum atomic E-state index is -0.363. The Labute approximate surface area is 163 Å². The zero-order chi connectivity index (χ0) is 18.9. The number of rotatable bonds is 8. The molecule has 0 aliphatic carbocycles. The number of anilines is 1. The van der Waals surface area contributed by atoms with E-state index in [-0.39, 0.29) is 11.9 Å². The maximum atomic E-state index is 12.3. The predicted octanol–water partition coefficient (Wildman–Crippen LogP) is 3.52. The SMILES string of the molecule is CC(=O)OCCCCOC(=O)c1cc(Br)c(N)c(CN2CCCCC2)c1. The Balaban J connectivity index is 1.89. The van der Waals surface area contributed by atoms with Crippen LogP contribution in [0.1, 0.15) is 54.9 Å². The van der Waals surface area contributed by atoms with E-state index in [0.29, 0.717) is 41.8 Å². The van der Waals surface area contributed by atoms with E-state index in [1.54, 1.807) is 6.07 Å². The fraction of sp³-hybridized carbons (Fsp3) is 0.579. The summed E-state index contributed by atoms with van der Waals surface area (Å²) in [4.78, 5) is 25.4. The molecule has 1 aromatic rings. The lowest BCUT2D eigenvalue weighted by molar-refractivity contribution is -0.141. The van der Waals surface area contributed by atoms with Crippen molar-refractivity contribution in [1.82, 2.24) is 4.90 Å². The van der Waals surface area contributed by atoms with E-state index in [0.717, 1.165) is 25.2 Å². The number of ether oxygens (including phenoxy) is 2. The van der Waals surface area contributed by atoms with Crippen LogP contribution < -0.4 is 5.73 Å². The fourth-order valence-corrected chi connectivity index (χ4v) is 3.45. The maximum Gasteiger partial charge on any atom is 0.338 e. The molecule has 144 valence electrons. The fourth-order valence-electron chi connectivity index (χ4n) is 2.95. The number of benzene rings is 1. The second-order valence-corrected chi connectivity index (χ2v) is 7.41. The summed E-state index contributed by atoms with van der Waals surface area (Å²) in [5.74, 6) is -0.659. The zero-order valence-electron chi connectivity index (χ0n) is 15.3. The molecule has 0 bridgehead atoms. The highest BCUT2D eigenvalue weighted by molar-refractivity contribution is 9.10. The van der Waals surface area contributed by atoms with E-state index in [2.05, 4.69) is 20.8 Å². The summed E-state index contributed by atoms with van der Waals surface area (Å²) in [6.45, 7) is 4.89. The Morgan fingerprint density at radius 1 is 1.12 bits per heavy atom. The highest BCUT2D eigenvalue weighted by Crippen LogP contribution is 2.28. The first-order chi connectivity index (χ1) is 12.5. The largest absolute Gasteiger partial charge is 0.466 e. The maximum absolute atomic E-state index is 12.3. The van der Waals surface area contributed by atoms with Crippen LogP contribution in [-0.4, -0.2) is 43.1 Å². The quantitative estimate of drug-likeness (QED) is 0.389. The molecular weight excluding hydrogens is 400 g/mol. The van der Waals surface area contributed by atoms with Crippen molar-refractivity contribution < 1.29 is 19.1 Å². The predicted molar refractivity (Wildman–Crippen MR) is 104 cm³/mol. The number of hydrogen-bond acceptors (Lipinski definition) is 6. The lowest BCUT2D eigenvalue weighted by Crippen LogP contribution is -2.29. The van der Waals surface area contributed by atoms with Gasteiger partial charge in [-0.15, -0.1) is 0 Å².